The Morgan fingerprint density at radius 2 is 0.946 bits per heavy atom. The maximum absolute atomic E-state index is 3.44. The van der Waals surface area contributed by atoms with Crippen LogP contribution in [0, 0.1) is 0 Å². The summed E-state index contributed by atoms with van der Waals surface area (Å²) in [5.74, 6) is 0. The molecule has 3 heterocycles. The number of piperidine rings is 1. The van der Waals surface area contributed by atoms with Crippen LogP contribution in [-0.4, -0.2) is 39.3 Å². The van der Waals surface area contributed by atoms with Gasteiger partial charge in [-0.3, -0.25) is 0 Å². The smallest absolute Gasteiger partial charge is 0.0367 e. The molecule has 1 N–H and O–H groups in total. The zero-order valence-electron chi connectivity index (χ0n) is 21.2. The molecule has 0 amide bonds. The van der Waals surface area contributed by atoms with Crippen molar-refractivity contribution in [3.8, 4) is 22.3 Å². The molecule has 0 aliphatic carbocycles. The normalized spacial score (nSPS) is 16.5. The van der Waals surface area contributed by atoms with Crippen LogP contribution in [0.3, 0.4) is 0 Å². The van der Waals surface area contributed by atoms with E-state index in [0.29, 0.717) is 0 Å². The molecule has 2 saturated heterocycles. The quantitative estimate of drug-likeness (QED) is 0.270. The van der Waals surface area contributed by atoms with E-state index in [0.717, 1.165) is 26.2 Å². The van der Waals surface area contributed by atoms with Gasteiger partial charge in [0.25, 0.3) is 0 Å². The Bertz CT molecular complexity index is 1410. The molecule has 0 unspecified atom stereocenters. The predicted molar refractivity (Wildman–Crippen MR) is 161 cm³/mol. The first-order chi connectivity index (χ1) is 18.3. The molecule has 0 atom stereocenters. The molecular formula is C33H33N3S. The van der Waals surface area contributed by atoms with Gasteiger partial charge in [-0.2, -0.15) is 0 Å². The van der Waals surface area contributed by atoms with E-state index in [-0.39, 0.29) is 0 Å². The molecule has 37 heavy (non-hydrogen) atoms. The Morgan fingerprint density at radius 1 is 0.486 bits per heavy atom. The average Bonchev–Trinajstić information content (AvgIpc) is 3.35. The molecule has 0 radical (unpaired) electrons. The Hall–Kier alpha value is -3.34. The van der Waals surface area contributed by atoms with Crippen LogP contribution in [0.5, 0.6) is 0 Å². The summed E-state index contributed by atoms with van der Waals surface area (Å²) < 4.78 is 2.71. The minimum absolute atomic E-state index is 1.06. The molecule has 0 spiro atoms. The highest BCUT2D eigenvalue weighted by Gasteiger charge is 2.13. The van der Waals surface area contributed by atoms with Gasteiger partial charge in [0, 0.05) is 70.8 Å². The molecule has 0 saturated carbocycles. The number of fused-ring (bicyclic) bond motifs is 3. The highest BCUT2D eigenvalue weighted by atomic mass is 32.1. The highest BCUT2D eigenvalue weighted by molar-refractivity contribution is 7.25. The van der Waals surface area contributed by atoms with Crippen molar-refractivity contribution in [1.82, 2.24) is 5.32 Å². The lowest BCUT2D eigenvalue weighted by molar-refractivity contribution is 0.578. The van der Waals surface area contributed by atoms with Gasteiger partial charge in [-0.15, -0.1) is 11.3 Å². The number of piperazine rings is 1. The van der Waals surface area contributed by atoms with Crippen molar-refractivity contribution in [1.29, 1.82) is 0 Å². The Balaban J connectivity index is 1.19. The summed E-state index contributed by atoms with van der Waals surface area (Å²) in [5, 5.41) is 6.15. The number of benzene rings is 4. The van der Waals surface area contributed by atoms with Crippen molar-refractivity contribution in [2.24, 2.45) is 0 Å². The molecule has 5 aromatic rings. The first kappa shape index (κ1) is 22.8. The predicted octanol–water partition coefficient (Wildman–Crippen LogP) is 7.79. The van der Waals surface area contributed by atoms with Crippen molar-refractivity contribution in [3.63, 3.8) is 0 Å². The Morgan fingerprint density at radius 3 is 1.46 bits per heavy atom. The van der Waals surface area contributed by atoms with E-state index in [2.05, 4.69) is 100 Å². The summed E-state index contributed by atoms with van der Waals surface area (Å²) in [6, 6.07) is 32.3. The number of hydrogen-bond acceptors (Lipinski definition) is 4. The first-order valence-corrected chi connectivity index (χ1v) is 14.5. The van der Waals surface area contributed by atoms with Crippen molar-refractivity contribution < 1.29 is 0 Å². The van der Waals surface area contributed by atoms with Gasteiger partial charge in [-0.05, 0) is 90.0 Å². The Kier molecular flexibility index (Phi) is 6.07. The SMILES string of the molecule is c1cc(N2CCCCC2)ccc1-c1ccc2sc3ccc(-c4ccc(N5CCNCC5)cc4)cc3c2c1. The molecule has 4 aromatic carbocycles. The number of anilines is 2. The van der Waals surface area contributed by atoms with Gasteiger partial charge >= 0.3 is 0 Å². The van der Waals surface area contributed by atoms with Crippen LogP contribution < -0.4 is 15.1 Å². The molecular weight excluding hydrogens is 470 g/mol. The maximum Gasteiger partial charge on any atom is 0.0367 e. The summed E-state index contributed by atoms with van der Waals surface area (Å²) in [6.07, 6.45) is 3.99. The minimum Gasteiger partial charge on any atom is -0.372 e. The van der Waals surface area contributed by atoms with E-state index < -0.39 is 0 Å². The largest absolute Gasteiger partial charge is 0.372 e. The van der Waals surface area contributed by atoms with E-state index in [4.69, 9.17) is 0 Å². The maximum atomic E-state index is 3.44. The van der Waals surface area contributed by atoms with Crippen LogP contribution in [0.1, 0.15) is 19.3 Å². The molecule has 186 valence electrons. The lowest BCUT2D eigenvalue weighted by atomic mass is 9.99. The van der Waals surface area contributed by atoms with Crippen molar-refractivity contribution in [3.05, 3.63) is 84.9 Å². The van der Waals surface area contributed by atoms with Gasteiger partial charge in [0.1, 0.15) is 0 Å². The third-order valence-electron chi connectivity index (χ3n) is 8.07. The molecule has 2 fully saturated rings. The van der Waals surface area contributed by atoms with E-state index >= 15 is 0 Å². The summed E-state index contributed by atoms with van der Waals surface area (Å²) in [4.78, 5) is 5.00. The third-order valence-corrected chi connectivity index (χ3v) is 9.23. The second-order valence-corrected chi connectivity index (χ2v) is 11.5. The second-order valence-electron chi connectivity index (χ2n) is 10.4. The van der Waals surface area contributed by atoms with Crippen molar-refractivity contribution in [2.45, 2.75) is 19.3 Å². The van der Waals surface area contributed by atoms with E-state index in [1.54, 1.807) is 0 Å². The molecule has 4 heteroatoms. The van der Waals surface area contributed by atoms with E-state index in [9.17, 15) is 0 Å². The van der Waals surface area contributed by atoms with Crippen LogP contribution in [0.25, 0.3) is 42.4 Å². The van der Waals surface area contributed by atoms with Crippen LogP contribution in [0.2, 0.25) is 0 Å². The van der Waals surface area contributed by atoms with E-state index in [1.807, 2.05) is 11.3 Å². The monoisotopic (exact) mass is 503 g/mol. The number of nitrogens with zero attached hydrogens (tertiary/aromatic N) is 2. The zero-order valence-corrected chi connectivity index (χ0v) is 22.1. The van der Waals surface area contributed by atoms with Gasteiger partial charge in [-0.25, -0.2) is 0 Å². The van der Waals surface area contributed by atoms with Gasteiger partial charge in [0.15, 0.2) is 0 Å². The minimum atomic E-state index is 1.06. The van der Waals surface area contributed by atoms with Gasteiger partial charge < -0.3 is 15.1 Å². The lowest BCUT2D eigenvalue weighted by Gasteiger charge is -2.29. The Labute approximate surface area is 223 Å². The molecule has 2 aliphatic heterocycles. The number of nitrogens with one attached hydrogen (secondary N) is 1. The average molecular weight is 504 g/mol. The molecule has 7 rings (SSSR count). The molecule has 3 nitrogen and oxygen atoms in total. The van der Waals surface area contributed by atoms with Gasteiger partial charge in [-0.1, -0.05) is 36.4 Å². The first-order valence-electron chi connectivity index (χ1n) is 13.7. The third kappa shape index (κ3) is 4.49. The van der Waals surface area contributed by atoms with Crippen LogP contribution in [0.15, 0.2) is 84.9 Å². The molecule has 1 aromatic heterocycles. The number of rotatable bonds is 4. The zero-order chi connectivity index (χ0) is 24.6. The van der Waals surface area contributed by atoms with Crippen molar-refractivity contribution in [2.75, 3.05) is 49.1 Å². The van der Waals surface area contributed by atoms with Crippen LogP contribution in [0.4, 0.5) is 11.4 Å². The summed E-state index contributed by atoms with van der Waals surface area (Å²) >= 11 is 1.89. The number of hydrogen-bond donors (Lipinski definition) is 1. The van der Waals surface area contributed by atoms with Gasteiger partial charge in [0.05, 0.1) is 0 Å². The van der Waals surface area contributed by atoms with Crippen LogP contribution >= 0.6 is 11.3 Å². The fraction of sp³-hybridized carbons (Fsp3) is 0.273. The van der Waals surface area contributed by atoms with E-state index in [1.165, 1.54) is 86.2 Å². The van der Waals surface area contributed by atoms with Gasteiger partial charge in [0.2, 0.25) is 0 Å². The fourth-order valence-electron chi connectivity index (χ4n) is 5.94. The van der Waals surface area contributed by atoms with Crippen molar-refractivity contribution >= 4 is 42.9 Å². The standard InChI is InChI=1S/C33H33N3S/c1-2-18-35(19-3-1)28-10-4-24(5-11-28)26-8-14-32-30(22-26)31-23-27(9-15-33(31)37-32)25-6-12-29(13-7-25)36-20-16-34-17-21-36/h4-15,22-23,34H,1-3,16-21H2. The summed E-state index contributed by atoms with van der Waals surface area (Å²) in [7, 11) is 0. The number of thiophene rings is 1. The molecule has 2 aliphatic rings. The molecule has 0 bridgehead atoms. The second kappa shape index (κ2) is 9.85. The highest BCUT2D eigenvalue weighted by Crippen LogP contribution is 2.39. The fourth-order valence-corrected chi connectivity index (χ4v) is 7.01. The summed E-state index contributed by atoms with van der Waals surface area (Å²) in [5.41, 5.74) is 7.84. The lowest BCUT2D eigenvalue weighted by Crippen LogP contribution is -2.43. The summed E-state index contributed by atoms with van der Waals surface area (Å²) in [6.45, 7) is 6.66. The topological polar surface area (TPSA) is 18.5 Å². The van der Waals surface area contributed by atoms with Crippen LogP contribution in [-0.2, 0) is 0 Å².